The van der Waals surface area contributed by atoms with Crippen molar-refractivity contribution < 1.29 is 18.8 Å². The number of benzene rings is 2. The van der Waals surface area contributed by atoms with Crippen molar-refractivity contribution in [2.24, 2.45) is 0 Å². The molecule has 3 aromatic rings. The van der Waals surface area contributed by atoms with Gasteiger partial charge in [-0.25, -0.2) is 9.37 Å². The Morgan fingerprint density at radius 3 is 2.27 bits per heavy atom. The zero-order valence-electron chi connectivity index (χ0n) is 20.4. The van der Waals surface area contributed by atoms with Crippen LogP contribution in [-0.2, 0) is 0 Å². The van der Waals surface area contributed by atoms with Gasteiger partial charge in [-0.1, -0.05) is 18.0 Å². The van der Waals surface area contributed by atoms with E-state index in [1.807, 2.05) is 0 Å². The number of halogens is 2. The zero-order valence-corrected chi connectivity index (χ0v) is 21.1. The summed E-state index contributed by atoms with van der Waals surface area (Å²) in [4.78, 5) is 47.4. The van der Waals surface area contributed by atoms with Crippen LogP contribution in [-0.4, -0.2) is 58.8 Å². The molecule has 0 aliphatic carbocycles. The molecule has 0 unspecified atom stereocenters. The Bertz CT molecular complexity index is 1290. The Balaban J connectivity index is 1.34. The number of anilines is 2. The average molecular weight is 527 g/mol. The van der Waals surface area contributed by atoms with Crippen molar-refractivity contribution in [3.05, 3.63) is 76.1 Å². The fourth-order valence-corrected chi connectivity index (χ4v) is 4.37. The molecular formula is C26H28ClFN6O3. The largest absolute Gasteiger partial charge is 0.349 e. The van der Waals surface area contributed by atoms with E-state index in [0.717, 1.165) is 31.8 Å². The highest BCUT2D eigenvalue weighted by Gasteiger charge is 2.22. The van der Waals surface area contributed by atoms with Crippen molar-refractivity contribution in [2.75, 3.05) is 36.8 Å². The number of nitrogens with zero attached hydrogens (tertiary/aromatic N) is 2. The maximum absolute atomic E-state index is 13.2. The number of hydrogen-bond donors (Lipinski definition) is 4. The summed E-state index contributed by atoms with van der Waals surface area (Å²) in [6.45, 7) is 4.99. The standard InChI is InChI=1S/C26H28ClFN6O3/c1-16-30-22(25(36)29-11-14-34-12-3-2-4-13-34)23(31-16)26(37)33-19-8-6-18(7-9-19)32-24(35)20-10-5-17(28)15-21(20)27/h5-10,15H,2-4,11-14H2,1H3,(H,29,36)(H,30,31)(H,32,35)(H,33,37). The van der Waals surface area contributed by atoms with Gasteiger partial charge in [-0.2, -0.15) is 0 Å². The minimum absolute atomic E-state index is 0.00187. The van der Waals surface area contributed by atoms with E-state index in [9.17, 15) is 18.8 Å². The van der Waals surface area contributed by atoms with Gasteiger partial charge in [-0.3, -0.25) is 14.4 Å². The van der Waals surface area contributed by atoms with Crippen molar-refractivity contribution in [1.29, 1.82) is 0 Å². The van der Waals surface area contributed by atoms with Gasteiger partial charge in [-0.15, -0.1) is 0 Å². The number of aromatic nitrogens is 2. The first-order valence-corrected chi connectivity index (χ1v) is 12.4. The Kier molecular flexibility index (Phi) is 8.52. The van der Waals surface area contributed by atoms with Gasteiger partial charge < -0.3 is 25.8 Å². The quantitative estimate of drug-likeness (QED) is 0.350. The van der Waals surface area contributed by atoms with E-state index < -0.39 is 17.6 Å². The summed E-state index contributed by atoms with van der Waals surface area (Å²) < 4.78 is 13.2. The molecule has 9 nitrogen and oxygen atoms in total. The fourth-order valence-electron chi connectivity index (χ4n) is 4.12. The van der Waals surface area contributed by atoms with Gasteiger partial charge in [0.25, 0.3) is 17.7 Å². The first-order chi connectivity index (χ1) is 17.8. The lowest BCUT2D eigenvalue weighted by atomic mass is 10.1. The minimum Gasteiger partial charge on any atom is -0.349 e. The lowest BCUT2D eigenvalue weighted by Crippen LogP contribution is -2.38. The lowest BCUT2D eigenvalue weighted by molar-refractivity contribution is 0.0929. The highest BCUT2D eigenvalue weighted by atomic mass is 35.5. The average Bonchev–Trinajstić information content (AvgIpc) is 3.27. The molecule has 1 aliphatic heterocycles. The number of aromatic amines is 1. The van der Waals surface area contributed by atoms with E-state index in [4.69, 9.17) is 11.6 Å². The Morgan fingerprint density at radius 1 is 0.973 bits per heavy atom. The number of nitrogens with one attached hydrogen (secondary N) is 4. The molecule has 3 amide bonds. The van der Waals surface area contributed by atoms with Gasteiger partial charge in [0.15, 0.2) is 5.69 Å². The molecule has 2 heterocycles. The van der Waals surface area contributed by atoms with E-state index in [1.165, 1.54) is 25.3 Å². The van der Waals surface area contributed by atoms with Crippen LogP contribution in [0.3, 0.4) is 0 Å². The third-order valence-electron chi connectivity index (χ3n) is 6.00. The molecule has 1 saturated heterocycles. The van der Waals surface area contributed by atoms with E-state index in [1.54, 1.807) is 31.2 Å². The summed E-state index contributed by atoms with van der Waals surface area (Å²) in [5, 5.41) is 8.25. The lowest BCUT2D eigenvalue weighted by Gasteiger charge is -2.26. The van der Waals surface area contributed by atoms with Crippen molar-refractivity contribution in [1.82, 2.24) is 20.2 Å². The second kappa shape index (κ2) is 12.0. The molecule has 0 radical (unpaired) electrons. The molecule has 37 heavy (non-hydrogen) atoms. The monoisotopic (exact) mass is 526 g/mol. The number of imidazole rings is 1. The molecule has 1 fully saturated rings. The SMILES string of the molecule is Cc1nc(C(=O)Nc2ccc(NC(=O)c3ccc(F)cc3Cl)cc2)c(C(=O)NCCN2CCCCC2)[nH]1. The highest BCUT2D eigenvalue weighted by molar-refractivity contribution is 6.34. The highest BCUT2D eigenvalue weighted by Crippen LogP contribution is 2.20. The summed E-state index contributed by atoms with van der Waals surface area (Å²) in [6.07, 6.45) is 3.60. The van der Waals surface area contributed by atoms with Crippen LogP contribution >= 0.6 is 11.6 Å². The summed E-state index contributed by atoms with van der Waals surface area (Å²) in [5.41, 5.74) is 1.13. The number of piperidine rings is 1. The van der Waals surface area contributed by atoms with Crippen LogP contribution in [0.4, 0.5) is 15.8 Å². The third kappa shape index (κ3) is 6.93. The number of aryl methyl sites for hydroxylation is 1. The van der Waals surface area contributed by atoms with Crippen LogP contribution in [0.5, 0.6) is 0 Å². The molecule has 11 heteroatoms. The van der Waals surface area contributed by atoms with Crippen LogP contribution in [0.1, 0.15) is 56.4 Å². The van der Waals surface area contributed by atoms with Crippen LogP contribution in [0, 0.1) is 12.7 Å². The maximum Gasteiger partial charge on any atom is 0.276 e. The number of amides is 3. The second-order valence-corrected chi connectivity index (χ2v) is 9.22. The number of carbonyl (C=O) groups is 3. The number of rotatable bonds is 8. The molecule has 194 valence electrons. The van der Waals surface area contributed by atoms with Crippen LogP contribution in [0.2, 0.25) is 5.02 Å². The number of hydrogen-bond acceptors (Lipinski definition) is 5. The molecule has 1 aliphatic rings. The molecule has 0 bridgehead atoms. The number of H-pyrrole nitrogens is 1. The first-order valence-electron chi connectivity index (χ1n) is 12.0. The van der Waals surface area contributed by atoms with E-state index >= 15 is 0 Å². The van der Waals surface area contributed by atoms with Crippen molar-refractivity contribution in [2.45, 2.75) is 26.2 Å². The predicted molar refractivity (Wildman–Crippen MR) is 140 cm³/mol. The van der Waals surface area contributed by atoms with Gasteiger partial charge in [-0.05, 0) is 75.3 Å². The summed E-state index contributed by atoms with van der Waals surface area (Å²) in [6, 6.07) is 9.89. The molecule has 0 saturated carbocycles. The Hall–Kier alpha value is -3.76. The van der Waals surface area contributed by atoms with Gasteiger partial charge in [0, 0.05) is 24.5 Å². The van der Waals surface area contributed by atoms with Crippen LogP contribution in [0.15, 0.2) is 42.5 Å². The van der Waals surface area contributed by atoms with E-state index in [-0.39, 0.29) is 27.9 Å². The van der Waals surface area contributed by atoms with Gasteiger partial charge >= 0.3 is 0 Å². The van der Waals surface area contributed by atoms with Crippen molar-refractivity contribution in [3.63, 3.8) is 0 Å². The fraction of sp³-hybridized carbons (Fsp3) is 0.308. The molecule has 1 aromatic heterocycles. The number of carbonyl (C=O) groups excluding carboxylic acids is 3. The van der Waals surface area contributed by atoms with Crippen molar-refractivity contribution in [3.8, 4) is 0 Å². The van der Waals surface area contributed by atoms with Gasteiger partial charge in [0.1, 0.15) is 17.3 Å². The number of likely N-dealkylation sites (tertiary alicyclic amines) is 1. The maximum atomic E-state index is 13.2. The second-order valence-electron chi connectivity index (χ2n) is 8.81. The first kappa shape index (κ1) is 26.3. The minimum atomic E-state index is -0.541. The molecule has 4 N–H and O–H groups in total. The van der Waals surface area contributed by atoms with E-state index in [2.05, 4.69) is 30.8 Å². The summed E-state index contributed by atoms with van der Waals surface area (Å²) in [7, 11) is 0. The van der Waals surface area contributed by atoms with Gasteiger partial charge in [0.2, 0.25) is 0 Å². The molecule has 4 rings (SSSR count). The zero-order chi connectivity index (χ0) is 26.4. The van der Waals surface area contributed by atoms with Crippen molar-refractivity contribution >= 4 is 40.7 Å². The smallest absolute Gasteiger partial charge is 0.276 e. The molecule has 0 atom stereocenters. The normalized spacial score (nSPS) is 13.7. The molecular weight excluding hydrogens is 499 g/mol. The Labute approximate surface area is 218 Å². The van der Waals surface area contributed by atoms with Gasteiger partial charge in [0.05, 0.1) is 10.6 Å². The third-order valence-corrected chi connectivity index (χ3v) is 6.32. The van der Waals surface area contributed by atoms with Crippen LogP contribution < -0.4 is 16.0 Å². The molecule has 0 spiro atoms. The molecule has 2 aromatic carbocycles. The van der Waals surface area contributed by atoms with E-state index in [0.29, 0.717) is 23.7 Å². The predicted octanol–water partition coefficient (Wildman–Crippen LogP) is 4.23. The topological polar surface area (TPSA) is 119 Å². The van der Waals surface area contributed by atoms with Crippen LogP contribution in [0.25, 0.3) is 0 Å². The summed E-state index contributed by atoms with van der Waals surface area (Å²) >= 11 is 5.94. The Morgan fingerprint density at radius 2 is 1.62 bits per heavy atom. The summed E-state index contributed by atoms with van der Waals surface area (Å²) in [5.74, 6) is -1.51.